The van der Waals surface area contributed by atoms with Gasteiger partial charge < -0.3 is 9.88 Å². The summed E-state index contributed by atoms with van der Waals surface area (Å²) in [4.78, 5) is 24.2. The van der Waals surface area contributed by atoms with Gasteiger partial charge in [0.05, 0.1) is 0 Å². The molecule has 0 unspecified atom stereocenters. The van der Waals surface area contributed by atoms with Gasteiger partial charge in [-0.05, 0) is 42.6 Å². The van der Waals surface area contributed by atoms with Crippen LogP contribution in [0, 0.1) is 5.92 Å². The second-order valence-corrected chi connectivity index (χ2v) is 6.74. The molecular weight excluding hydrogens is 336 g/mol. The fourth-order valence-corrected chi connectivity index (χ4v) is 3.36. The number of aromatic nitrogens is 1. The van der Waals surface area contributed by atoms with Crippen LogP contribution >= 0.6 is 12.2 Å². The summed E-state index contributed by atoms with van der Waals surface area (Å²) >= 11 is 5.08. The number of rotatable bonds is 3. The highest BCUT2D eigenvalue weighted by Crippen LogP contribution is 2.23. The predicted molar refractivity (Wildman–Crippen MR) is 101 cm³/mol. The monoisotopic (exact) mass is 358 g/mol. The normalized spacial score (nSPS) is 14.9. The van der Waals surface area contributed by atoms with Crippen LogP contribution in [0.5, 0.6) is 0 Å². The third-order valence-electron chi connectivity index (χ3n) is 4.52. The minimum absolute atomic E-state index is 0.0236. The van der Waals surface area contributed by atoms with E-state index in [1.54, 1.807) is 0 Å². The smallest absolute Gasteiger partial charge is 0.258 e. The van der Waals surface area contributed by atoms with Crippen molar-refractivity contribution in [3.05, 3.63) is 36.5 Å². The molecule has 7 heteroatoms. The average Bonchev–Trinajstić information content (AvgIpc) is 3.04. The van der Waals surface area contributed by atoms with Crippen LogP contribution in [0.25, 0.3) is 10.9 Å². The Morgan fingerprint density at radius 1 is 1.08 bits per heavy atom. The van der Waals surface area contributed by atoms with Crippen LogP contribution in [0.2, 0.25) is 0 Å². The molecule has 1 aromatic carbocycles. The fraction of sp³-hybridized carbons (Fsp3) is 0.389. The molecule has 1 aliphatic rings. The van der Waals surface area contributed by atoms with E-state index in [4.69, 9.17) is 12.2 Å². The van der Waals surface area contributed by atoms with Gasteiger partial charge in [-0.2, -0.15) is 0 Å². The maximum atomic E-state index is 12.1. The summed E-state index contributed by atoms with van der Waals surface area (Å²) in [5.74, 6) is -0.283. The molecule has 0 aliphatic heterocycles. The highest BCUT2D eigenvalue weighted by atomic mass is 32.1. The summed E-state index contributed by atoms with van der Waals surface area (Å²) in [7, 11) is 0. The number of hydrazine groups is 1. The van der Waals surface area contributed by atoms with Crippen LogP contribution in [0.1, 0.15) is 32.1 Å². The summed E-state index contributed by atoms with van der Waals surface area (Å²) in [5, 5.41) is 3.86. The Balaban J connectivity index is 1.45. The molecule has 132 valence electrons. The number of fused-ring (bicyclic) bond motifs is 1. The summed E-state index contributed by atoms with van der Waals surface area (Å²) in [5.41, 5.74) is 6.12. The zero-order valence-corrected chi connectivity index (χ0v) is 14.8. The molecule has 0 bridgehead atoms. The molecule has 1 aliphatic carbocycles. The van der Waals surface area contributed by atoms with Gasteiger partial charge in [-0.25, -0.2) is 0 Å². The van der Waals surface area contributed by atoms with Crippen LogP contribution in [0.3, 0.4) is 0 Å². The van der Waals surface area contributed by atoms with Gasteiger partial charge in [0.2, 0.25) is 5.91 Å². The SMILES string of the molecule is O=C(Cn1ccc2ccccc21)NNC(=S)NC(=O)C1CCCCC1. The Bertz CT molecular complexity index is 780. The molecule has 0 spiro atoms. The molecule has 3 rings (SSSR count). The second-order valence-electron chi connectivity index (χ2n) is 6.33. The van der Waals surface area contributed by atoms with E-state index in [0.29, 0.717) is 0 Å². The number of hydrogen-bond acceptors (Lipinski definition) is 3. The first-order chi connectivity index (χ1) is 12.1. The predicted octanol–water partition coefficient (Wildman–Crippen LogP) is 2.24. The van der Waals surface area contributed by atoms with Crippen molar-refractivity contribution in [3.63, 3.8) is 0 Å². The van der Waals surface area contributed by atoms with Crippen LogP contribution in [-0.2, 0) is 16.1 Å². The molecule has 1 heterocycles. The van der Waals surface area contributed by atoms with E-state index in [1.807, 2.05) is 41.1 Å². The standard InChI is InChI=1S/C18H22N4O2S/c23-16(12-22-11-10-13-6-4-5-9-15(13)22)20-21-18(25)19-17(24)14-7-2-1-3-8-14/h4-6,9-11,14H,1-3,7-8,12H2,(H,20,23)(H2,19,21,24,25). The van der Waals surface area contributed by atoms with Crippen LogP contribution in [0.4, 0.5) is 0 Å². The molecular formula is C18H22N4O2S. The molecule has 25 heavy (non-hydrogen) atoms. The van der Waals surface area contributed by atoms with Crippen molar-refractivity contribution in [1.29, 1.82) is 0 Å². The minimum Gasteiger partial charge on any atom is -0.338 e. The second kappa shape index (κ2) is 8.11. The topological polar surface area (TPSA) is 75.2 Å². The zero-order chi connectivity index (χ0) is 17.6. The average molecular weight is 358 g/mol. The number of carbonyl (C=O) groups excluding carboxylic acids is 2. The zero-order valence-electron chi connectivity index (χ0n) is 14.0. The van der Waals surface area contributed by atoms with Crippen molar-refractivity contribution < 1.29 is 9.59 Å². The molecule has 1 aromatic heterocycles. The van der Waals surface area contributed by atoms with Gasteiger partial charge in [0, 0.05) is 17.6 Å². The maximum absolute atomic E-state index is 12.1. The van der Waals surface area contributed by atoms with E-state index in [1.165, 1.54) is 6.42 Å². The van der Waals surface area contributed by atoms with Crippen molar-refractivity contribution in [2.45, 2.75) is 38.6 Å². The minimum atomic E-state index is -0.240. The summed E-state index contributed by atoms with van der Waals surface area (Å²) in [6.45, 7) is 0.166. The highest BCUT2D eigenvalue weighted by molar-refractivity contribution is 7.80. The summed E-state index contributed by atoms with van der Waals surface area (Å²) in [6, 6.07) is 9.82. The molecule has 0 saturated heterocycles. The van der Waals surface area contributed by atoms with Gasteiger partial charge in [0.25, 0.3) is 5.91 Å². The van der Waals surface area contributed by atoms with E-state index in [2.05, 4.69) is 16.2 Å². The van der Waals surface area contributed by atoms with Gasteiger partial charge in [0.1, 0.15) is 6.54 Å². The van der Waals surface area contributed by atoms with E-state index in [-0.39, 0.29) is 29.4 Å². The van der Waals surface area contributed by atoms with E-state index >= 15 is 0 Å². The largest absolute Gasteiger partial charge is 0.338 e. The fourth-order valence-electron chi connectivity index (χ4n) is 3.21. The third-order valence-corrected chi connectivity index (χ3v) is 4.73. The van der Waals surface area contributed by atoms with E-state index in [9.17, 15) is 9.59 Å². The van der Waals surface area contributed by atoms with Crippen molar-refractivity contribution in [2.24, 2.45) is 5.92 Å². The summed E-state index contributed by atoms with van der Waals surface area (Å²) in [6.07, 6.45) is 7.03. The molecule has 6 nitrogen and oxygen atoms in total. The van der Waals surface area contributed by atoms with Crippen LogP contribution < -0.4 is 16.2 Å². The lowest BCUT2D eigenvalue weighted by Gasteiger charge is -2.21. The van der Waals surface area contributed by atoms with Crippen molar-refractivity contribution in [2.75, 3.05) is 0 Å². The molecule has 1 fully saturated rings. The van der Waals surface area contributed by atoms with Gasteiger partial charge in [-0.15, -0.1) is 0 Å². The quantitative estimate of drug-likeness (QED) is 0.581. The Labute approximate surface area is 151 Å². The lowest BCUT2D eigenvalue weighted by Crippen LogP contribution is -2.50. The number of benzene rings is 1. The van der Waals surface area contributed by atoms with Crippen LogP contribution in [-0.4, -0.2) is 21.5 Å². The molecule has 1 saturated carbocycles. The number of para-hydroxylation sites is 1. The Morgan fingerprint density at radius 2 is 1.84 bits per heavy atom. The number of hydrogen-bond donors (Lipinski definition) is 3. The molecule has 2 aromatic rings. The third kappa shape index (κ3) is 4.57. The first kappa shape index (κ1) is 17.4. The number of amides is 2. The molecule has 0 radical (unpaired) electrons. The summed E-state index contributed by atoms with van der Waals surface area (Å²) < 4.78 is 1.86. The van der Waals surface area contributed by atoms with Crippen LogP contribution in [0.15, 0.2) is 36.5 Å². The number of thiocarbonyl (C=S) groups is 1. The number of nitrogens with one attached hydrogen (secondary N) is 3. The Kier molecular flexibility index (Phi) is 5.65. The molecule has 2 amide bonds. The van der Waals surface area contributed by atoms with Gasteiger partial charge in [0.15, 0.2) is 5.11 Å². The van der Waals surface area contributed by atoms with Crippen molar-refractivity contribution >= 4 is 40.0 Å². The lowest BCUT2D eigenvalue weighted by atomic mass is 9.89. The number of carbonyl (C=O) groups is 2. The van der Waals surface area contributed by atoms with E-state index in [0.717, 1.165) is 36.6 Å². The highest BCUT2D eigenvalue weighted by Gasteiger charge is 2.21. The Hall–Kier alpha value is -2.41. The number of nitrogens with zero attached hydrogens (tertiary/aromatic N) is 1. The van der Waals surface area contributed by atoms with Crippen molar-refractivity contribution in [1.82, 2.24) is 20.7 Å². The van der Waals surface area contributed by atoms with Gasteiger partial charge >= 0.3 is 0 Å². The molecule has 3 N–H and O–H groups in total. The van der Waals surface area contributed by atoms with E-state index < -0.39 is 0 Å². The van der Waals surface area contributed by atoms with Gasteiger partial charge in [-0.3, -0.25) is 20.4 Å². The first-order valence-corrected chi connectivity index (χ1v) is 8.98. The first-order valence-electron chi connectivity index (χ1n) is 8.57. The maximum Gasteiger partial charge on any atom is 0.258 e. The Morgan fingerprint density at radius 3 is 2.64 bits per heavy atom. The van der Waals surface area contributed by atoms with Crippen molar-refractivity contribution in [3.8, 4) is 0 Å². The lowest BCUT2D eigenvalue weighted by molar-refractivity contribution is -0.125. The molecule has 0 atom stereocenters. The van der Waals surface area contributed by atoms with Gasteiger partial charge in [-0.1, -0.05) is 37.5 Å².